The molecule has 0 radical (unpaired) electrons. The van der Waals surface area contributed by atoms with Crippen LogP contribution in [0.5, 0.6) is 0 Å². The highest BCUT2D eigenvalue weighted by atomic mass is 28.4. The molecule has 50 heavy (non-hydrogen) atoms. The van der Waals surface area contributed by atoms with E-state index >= 15 is 4.11 Å². The van der Waals surface area contributed by atoms with E-state index in [2.05, 4.69) is 5.32 Å². The van der Waals surface area contributed by atoms with Crippen molar-refractivity contribution in [2.75, 3.05) is 37.0 Å². The summed E-state index contributed by atoms with van der Waals surface area (Å²) >= 11 is 0. The molecule has 2 N–H and O–H groups in total. The number of benzene rings is 3. The molecule has 3 amide bonds. The first kappa shape index (κ1) is 36.9. The number of fused-ring (bicyclic) bond motifs is 2. The highest BCUT2D eigenvalue weighted by Crippen LogP contribution is 2.60. The van der Waals surface area contributed by atoms with Crippen LogP contribution in [0.1, 0.15) is 54.1 Å². The Bertz CT molecular complexity index is 1690. The summed E-state index contributed by atoms with van der Waals surface area (Å²) in [6, 6.07) is 23.4. The van der Waals surface area contributed by atoms with Crippen LogP contribution < -0.4 is 10.2 Å². The molecule has 1 saturated heterocycles. The van der Waals surface area contributed by atoms with Gasteiger partial charge in [0.25, 0.3) is 11.8 Å². The standard InChI is InChI=1S/C38H46FN3O7Si/c1-26-35(50(3,4)39)32(24-33(44)41(21-22-43)25-27-13-7-5-8-14-27)49-38(26)30-23-29(40-36(46)28-15-9-6-10-16-28)18-19-31(30)42(37(38)47)20-12-11-17-34(45)48-2/h5-10,13-16,18-19,23,26,32,35,43H,11-12,17,20-22,24-25H2,1-4H3,(H,40,46)/t26-,32+,35-,38+/m0/s1. The number of anilines is 2. The Balaban J connectivity index is 1.50. The highest BCUT2D eigenvalue weighted by Gasteiger charge is 2.67. The highest BCUT2D eigenvalue weighted by molar-refractivity contribution is 6.72. The van der Waals surface area contributed by atoms with Crippen LogP contribution in [0.15, 0.2) is 78.9 Å². The Kier molecular flexibility index (Phi) is 11.5. The number of esters is 1. The summed E-state index contributed by atoms with van der Waals surface area (Å²) in [5, 5.41) is 12.7. The Morgan fingerprint density at radius 2 is 1.72 bits per heavy atom. The third kappa shape index (κ3) is 7.67. The smallest absolute Gasteiger partial charge is 0.305 e. The van der Waals surface area contributed by atoms with Gasteiger partial charge >= 0.3 is 5.97 Å². The van der Waals surface area contributed by atoms with Gasteiger partial charge in [0.05, 0.1) is 31.9 Å². The topological polar surface area (TPSA) is 125 Å². The fraction of sp³-hybridized carbons (Fsp3) is 0.421. The van der Waals surface area contributed by atoms with Crippen molar-refractivity contribution in [2.24, 2.45) is 5.92 Å². The SMILES string of the molecule is COC(=O)CCCCN1C(=O)[C@]2(O[C@H](CC(=O)N(CCO)Cc3ccccc3)[C@@H]([Si](C)(C)F)[C@@H]2C)c2cc(NC(=O)c3ccccc3)ccc21. The van der Waals surface area contributed by atoms with Crippen molar-refractivity contribution in [3.05, 3.63) is 95.6 Å². The number of hydrogen-bond acceptors (Lipinski definition) is 7. The molecule has 10 nitrogen and oxygen atoms in total. The normalized spacial score (nSPS) is 21.3. The number of nitrogens with one attached hydrogen (secondary N) is 1. The average Bonchev–Trinajstić information content (AvgIpc) is 3.52. The number of carbonyl (C=O) groups excluding carboxylic acids is 4. The molecular formula is C38H46FN3O7Si. The van der Waals surface area contributed by atoms with Gasteiger partial charge in [0.2, 0.25) is 14.3 Å². The number of amides is 3. The van der Waals surface area contributed by atoms with Crippen LogP contribution in [-0.4, -0.2) is 75.0 Å². The number of nitrogens with zero attached hydrogens (tertiary/aromatic N) is 2. The minimum absolute atomic E-state index is 0.0911. The molecule has 2 aliphatic heterocycles. The first-order valence-corrected chi connectivity index (χ1v) is 20.0. The molecule has 1 spiro atoms. The number of rotatable bonds is 14. The zero-order valence-electron chi connectivity index (χ0n) is 29.1. The molecule has 3 aromatic rings. The van der Waals surface area contributed by atoms with E-state index in [1.807, 2.05) is 43.3 Å². The van der Waals surface area contributed by atoms with Crippen molar-refractivity contribution in [3.8, 4) is 0 Å². The van der Waals surface area contributed by atoms with Crippen molar-refractivity contribution >= 4 is 43.5 Å². The number of carbonyl (C=O) groups is 4. The third-order valence-electron chi connectivity index (χ3n) is 9.81. The quantitative estimate of drug-likeness (QED) is 0.0939. The first-order chi connectivity index (χ1) is 23.9. The van der Waals surface area contributed by atoms with E-state index < -0.39 is 31.6 Å². The summed E-state index contributed by atoms with van der Waals surface area (Å²) in [6.45, 7) is 5.36. The van der Waals surface area contributed by atoms with Gasteiger partial charge < -0.3 is 33.8 Å². The van der Waals surface area contributed by atoms with Crippen molar-refractivity contribution in [2.45, 2.75) is 69.5 Å². The maximum absolute atomic E-state index is 16.4. The molecule has 4 atom stereocenters. The van der Waals surface area contributed by atoms with E-state index in [0.29, 0.717) is 35.3 Å². The van der Waals surface area contributed by atoms with Crippen molar-refractivity contribution in [1.29, 1.82) is 0 Å². The van der Waals surface area contributed by atoms with Gasteiger partial charge in [-0.1, -0.05) is 55.5 Å². The van der Waals surface area contributed by atoms with E-state index in [1.54, 1.807) is 60.5 Å². The zero-order valence-corrected chi connectivity index (χ0v) is 30.1. The summed E-state index contributed by atoms with van der Waals surface area (Å²) in [4.78, 5) is 56.6. The van der Waals surface area contributed by atoms with Gasteiger partial charge in [0, 0.05) is 54.3 Å². The number of methoxy groups -OCH3 is 1. The number of hydrogen-bond donors (Lipinski definition) is 2. The lowest BCUT2D eigenvalue weighted by atomic mass is 9.82. The predicted molar refractivity (Wildman–Crippen MR) is 191 cm³/mol. The second kappa shape index (κ2) is 15.7. The molecule has 0 bridgehead atoms. The van der Waals surface area contributed by atoms with Crippen LogP contribution in [0.3, 0.4) is 0 Å². The van der Waals surface area contributed by atoms with Crippen molar-refractivity contribution < 1.29 is 37.9 Å². The second-order valence-electron chi connectivity index (χ2n) is 13.5. The number of unbranched alkanes of at least 4 members (excludes halogenated alkanes) is 1. The van der Waals surface area contributed by atoms with Crippen LogP contribution in [0.2, 0.25) is 18.6 Å². The average molecular weight is 704 g/mol. The zero-order chi connectivity index (χ0) is 36.1. The van der Waals surface area contributed by atoms with Crippen LogP contribution in [0, 0.1) is 5.92 Å². The summed E-state index contributed by atoms with van der Waals surface area (Å²) in [5.41, 5.74) is 0.532. The first-order valence-electron chi connectivity index (χ1n) is 17.1. The monoisotopic (exact) mass is 703 g/mol. The molecule has 5 rings (SSSR count). The molecule has 0 aromatic heterocycles. The molecular weight excluding hydrogens is 658 g/mol. The van der Waals surface area contributed by atoms with Crippen LogP contribution in [0.4, 0.5) is 15.5 Å². The molecule has 0 unspecified atom stereocenters. The second-order valence-corrected chi connectivity index (χ2v) is 17.3. The Labute approximate surface area is 293 Å². The molecule has 12 heteroatoms. The van der Waals surface area contributed by atoms with Crippen LogP contribution >= 0.6 is 0 Å². The predicted octanol–water partition coefficient (Wildman–Crippen LogP) is 5.82. The number of ether oxygens (including phenoxy) is 2. The molecule has 0 aliphatic carbocycles. The van der Waals surface area contributed by atoms with Gasteiger partial charge in [-0.3, -0.25) is 19.2 Å². The maximum Gasteiger partial charge on any atom is 0.305 e. The fourth-order valence-corrected chi connectivity index (χ4v) is 9.99. The summed E-state index contributed by atoms with van der Waals surface area (Å²) < 4.78 is 28.0. The Morgan fingerprint density at radius 3 is 2.36 bits per heavy atom. The van der Waals surface area contributed by atoms with Gasteiger partial charge in [-0.15, -0.1) is 0 Å². The number of halogens is 1. The van der Waals surface area contributed by atoms with Gasteiger partial charge in [-0.25, -0.2) is 0 Å². The lowest BCUT2D eigenvalue weighted by molar-refractivity contribution is -0.149. The number of aliphatic hydroxyl groups is 1. The van der Waals surface area contributed by atoms with Gasteiger partial charge in [0.1, 0.15) is 0 Å². The third-order valence-corrected chi connectivity index (χ3v) is 12.3. The van der Waals surface area contributed by atoms with Gasteiger partial charge in [-0.05, 0) is 61.8 Å². The number of aliphatic hydroxyl groups excluding tert-OH is 1. The molecule has 3 aromatic carbocycles. The summed E-state index contributed by atoms with van der Waals surface area (Å²) in [6.07, 6.45) is 0.110. The molecule has 2 aliphatic rings. The Morgan fingerprint density at radius 1 is 1.04 bits per heavy atom. The molecule has 0 saturated carbocycles. The van der Waals surface area contributed by atoms with Gasteiger partial charge in [-0.2, -0.15) is 0 Å². The molecule has 1 fully saturated rings. The lowest BCUT2D eigenvalue weighted by Gasteiger charge is -2.31. The van der Waals surface area contributed by atoms with E-state index in [9.17, 15) is 24.3 Å². The van der Waals surface area contributed by atoms with Crippen LogP contribution in [-0.2, 0) is 36.0 Å². The largest absolute Gasteiger partial charge is 0.469 e. The maximum atomic E-state index is 16.4. The minimum Gasteiger partial charge on any atom is -0.469 e. The van der Waals surface area contributed by atoms with E-state index in [0.717, 1.165) is 5.56 Å². The minimum atomic E-state index is -3.58. The van der Waals surface area contributed by atoms with Crippen molar-refractivity contribution in [1.82, 2.24) is 4.90 Å². The molecule has 266 valence electrons. The van der Waals surface area contributed by atoms with E-state index in [4.69, 9.17) is 9.47 Å². The van der Waals surface area contributed by atoms with E-state index in [-0.39, 0.29) is 62.8 Å². The summed E-state index contributed by atoms with van der Waals surface area (Å²) in [7, 11) is -2.25. The Hall–Kier alpha value is -4.39. The fourth-order valence-electron chi connectivity index (χ4n) is 7.50. The van der Waals surface area contributed by atoms with E-state index in [1.165, 1.54) is 12.0 Å². The van der Waals surface area contributed by atoms with Crippen LogP contribution in [0.25, 0.3) is 0 Å². The van der Waals surface area contributed by atoms with Gasteiger partial charge in [0.15, 0.2) is 5.60 Å². The lowest BCUT2D eigenvalue weighted by Crippen LogP contribution is -2.45. The summed E-state index contributed by atoms with van der Waals surface area (Å²) in [5.74, 6) is -1.99. The van der Waals surface area contributed by atoms with Crippen molar-refractivity contribution in [3.63, 3.8) is 0 Å². The molecule has 2 heterocycles.